The predicted molar refractivity (Wildman–Crippen MR) is 71.1 cm³/mol. The Balaban J connectivity index is 2.51. The van der Waals surface area contributed by atoms with Gasteiger partial charge in [0.05, 0.1) is 0 Å². The molecule has 3 nitrogen and oxygen atoms in total. The summed E-state index contributed by atoms with van der Waals surface area (Å²) in [7, 11) is 0. The zero-order chi connectivity index (χ0) is 11.3. The van der Waals surface area contributed by atoms with Crippen LogP contribution in [0.4, 0.5) is 10.5 Å². The average molecular weight is 318 g/mol. The van der Waals surface area contributed by atoms with E-state index in [0.29, 0.717) is 0 Å². The first kappa shape index (κ1) is 12.3. The number of carbonyl (C=O) groups excluding carboxylic acids is 1. The Bertz CT molecular complexity index is 341. The summed E-state index contributed by atoms with van der Waals surface area (Å²) in [5.41, 5.74) is 0.822. The summed E-state index contributed by atoms with van der Waals surface area (Å²) >= 11 is 2.21. The van der Waals surface area contributed by atoms with Gasteiger partial charge in [-0.25, -0.2) is 4.79 Å². The Kier molecular flexibility index (Phi) is 4.87. The first-order chi connectivity index (χ1) is 7.11. The number of hydrogen-bond donors (Lipinski definition) is 2. The third-order valence-electron chi connectivity index (χ3n) is 2.07. The molecule has 0 bridgehead atoms. The molecule has 0 radical (unpaired) electrons. The Morgan fingerprint density at radius 3 is 2.87 bits per heavy atom. The van der Waals surface area contributed by atoms with Crippen LogP contribution >= 0.6 is 22.6 Å². The molecule has 1 aromatic rings. The largest absolute Gasteiger partial charge is 0.335 e. The monoisotopic (exact) mass is 318 g/mol. The molecule has 15 heavy (non-hydrogen) atoms. The summed E-state index contributed by atoms with van der Waals surface area (Å²) in [5.74, 6) is 0. The highest BCUT2D eigenvalue weighted by Crippen LogP contribution is 2.12. The fraction of sp³-hybridized carbons (Fsp3) is 0.364. The fourth-order valence-corrected chi connectivity index (χ4v) is 1.60. The quantitative estimate of drug-likeness (QED) is 0.826. The lowest BCUT2D eigenvalue weighted by Crippen LogP contribution is -2.35. The van der Waals surface area contributed by atoms with E-state index < -0.39 is 0 Å². The molecule has 0 aliphatic rings. The second-order valence-corrected chi connectivity index (χ2v) is 4.66. The second kappa shape index (κ2) is 5.95. The van der Waals surface area contributed by atoms with Gasteiger partial charge in [0.15, 0.2) is 0 Å². The highest BCUT2D eigenvalue weighted by Gasteiger charge is 2.04. The van der Waals surface area contributed by atoms with Crippen molar-refractivity contribution in [1.29, 1.82) is 0 Å². The van der Waals surface area contributed by atoms with Gasteiger partial charge in [-0.15, -0.1) is 0 Å². The van der Waals surface area contributed by atoms with Gasteiger partial charge in [0, 0.05) is 15.3 Å². The van der Waals surface area contributed by atoms with Crippen molar-refractivity contribution < 1.29 is 4.79 Å². The zero-order valence-electron chi connectivity index (χ0n) is 8.88. The van der Waals surface area contributed by atoms with Crippen LogP contribution in [0, 0.1) is 3.57 Å². The molecule has 1 aromatic carbocycles. The molecule has 0 fully saturated rings. The third-order valence-corrected chi connectivity index (χ3v) is 2.74. The summed E-state index contributed by atoms with van der Waals surface area (Å²) in [4.78, 5) is 11.5. The van der Waals surface area contributed by atoms with Crippen LogP contribution < -0.4 is 10.6 Å². The van der Waals surface area contributed by atoms with Crippen molar-refractivity contribution in [2.75, 3.05) is 5.32 Å². The maximum atomic E-state index is 11.5. The molecule has 0 saturated carbocycles. The SMILES string of the molecule is CC[C@H](C)NC(=O)Nc1cccc(I)c1. The maximum absolute atomic E-state index is 11.5. The van der Waals surface area contributed by atoms with Gasteiger partial charge in [0.25, 0.3) is 0 Å². The van der Waals surface area contributed by atoms with Crippen molar-refractivity contribution in [2.24, 2.45) is 0 Å². The van der Waals surface area contributed by atoms with Crippen molar-refractivity contribution in [3.63, 3.8) is 0 Å². The lowest BCUT2D eigenvalue weighted by atomic mass is 10.3. The summed E-state index contributed by atoms with van der Waals surface area (Å²) in [6.07, 6.45) is 0.930. The van der Waals surface area contributed by atoms with E-state index in [0.717, 1.165) is 15.7 Å². The molecule has 0 unspecified atom stereocenters. The number of hydrogen-bond acceptors (Lipinski definition) is 1. The molecule has 1 atom stereocenters. The highest BCUT2D eigenvalue weighted by molar-refractivity contribution is 14.1. The molecular formula is C11H15IN2O. The minimum absolute atomic E-state index is 0.147. The number of amides is 2. The smallest absolute Gasteiger partial charge is 0.319 e. The molecule has 0 aliphatic heterocycles. The number of carbonyl (C=O) groups is 1. The van der Waals surface area contributed by atoms with Gasteiger partial charge in [-0.1, -0.05) is 13.0 Å². The zero-order valence-corrected chi connectivity index (χ0v) is 11.0. The van der Waals surface area contributed by atoms with Crippen molar-refractivity contribution in [3.05, 3.63) is 27.8 Å². The first-order valence-corrected chi connectivity index (χ1v) is 6.02. The van der Waals surface area contributed by atoms with Crippen LogP contribution in [-0.2, 0) is 0 Å². The van der Waals surface area contributed by atoms with E-state index in [9.17, 15) is 4.79 Å². The Labute approximate surface area is 104 Å². The van der Waals surface area contributed by atoms with Crippen LogP contribution in [0.25, 0.3) is 0 Å². The van der Waals surface area contributed by atoms with Crippen molar-refractivity contribution in [1.82, 2.24) is 5.32 Å². The highest BCUT2D eigenvalue weighted by atomic mass is 127. The Hall–Kier alpha value is -0.780. The van der Waals surface area contributed by atoms with Crippen LogP contribution in [0.2, 0.25) is 0 Å². The minimum atomic E-state index is -0.147. The van der Waals surface area contributed by atoms with E-state index >= 15 is 0 Å². The summed E-state index contributed by atoms with van der Waals surface area (Å²) in [5, 5.41) is 5.64. The molecule has 0 aromatic heterocycles. The van der Waals surface area contributed by atoms with Crippen molar-refractivity contribution in [2.45, 2.75) is 26.3 Å². The molecule has 2 N–H and O–H groups in total. The van der Waals surface area contributed by atoms with Crippen molar-refractivity contribution >= 4 is 34.3 Å². The number of rotatable bonds is 3. The average Bonchev–Trinajstić information content (AvgIpc) is 2.17. The van der Waals surface area contributed by atoms with Gasteiger partial charge in [-0.3, -0.25) is 0 Å². The standard InChI is InChI=1S/C11H15IN2O/c1-3-8(2)13-11(15)14-10-6-4-5-9(12)7-10/h4-8H,3H2,1-2H3,(H2,13,14,15)/t8-/m0/s1. The number of benzene rings is 1. The number of nitrogens with one attached hydrogen (secondary N) is 2. The minimum Gasteiger partial charge on any atom is -0.335 e. The maximum Gasteiger partial charge on any atom is 0.319 e. The summed E-state index contributed by atoms with van der Waals surface area (Å²) in [6, 6.07) is 7.76. The van der Waals surface area contributed by atoms with Crippen LogP contribution in [0.1, 0.15) is 20.3 Å². The van der Waals surface area contributed by atoms with E-state index in [1.807, 2.05) is 38.1 Å². The topological polar surface area (TPSA) is 41.1 Å². The summed E-state index contributed by atoms with van der Waals surface area (Å²) in [6.45, 7) is 4.02. The van der Waals surface area contributed by atoms with E-state index in [2.05, 4.69) is 33.2 Å². The fourth-order valence-electron chi connectivity index (χ4n) is 1.06. The second-order valence-electron chi connectivity index (χ2n) is 3.42. The van der Waals surface area contributed by atoms with Crippen LogP contribution in [0.15, 0.2) is 24.3 Å². The molecule has 82 valence electrons. The summed E-state index contributed by atoms with van der Waals surface area (Å²) < 4.78 is 1.11. The van der Waals surface area contributed by atoms with Gasteiger partial charge < -0.3 is 10.6 Å². The van der Waals surface area contributed by atoms with Crippen molar-refractivity contribution in [3.8, 4) is 0 Å². The number of halogens is 1. The van der Waals surface area contributed by atoms with E-state index in [1.165, 1.54) is 0 Å². The first-order valence-electron chi connectivity index (χ1n) is 4.95. The van der Waals surface area contributed by atoms with Gasteiger partial charge in [-0.05, 0) is 54.1 Å². The lowest BCUT2D eigenvalue weighted by molar-refractivity contribution is 0.249. The molecule has 4 heteroatoms. The van der Waals surface area contributed by atoms with Gasteiger partial charge in [0.2, 0.25) is 0 Å². The van der Waals surface area contributed by atoms with Crippen LogP contribution in [0.5, 0.6) is 0 Å². The Morgan fingerprint density at radius 2 is 2.27 bits per heavy atom. The molecule has 0 saturated heterocycles. The van der Waals surface area contributed by atoms with Gasteiger partial charge >= 0.3 is 6.03 Å². The molecule has 0 aliphatic carbocycles. The van der Waals surface area contributed by atoms with Gasteiger partial charge in [0.1, 0.15) is 0 Å². The van der Waals surface area contributed by atoms with E-state index in [-0.39, 0.29) is 12.1 Å². The number of urea groups is 1. The van der Waals surface area contributed by atoms with E-state index in [1.54, 1.807) is 0 Å². The Morgan fingerprint density at radius 1 is 1.53 bits per heavy atom. The molecule has 0 heterocycles. The molecular weight excluding hydrogens is 303 g/mol. The normalized spacial score (nSPS) is 11.9. The molecule has 2 amide bonds. The lowest BCUT2D eigenvalue weighted by Gasteiger charge is -2.12. The van der Waals surface area contributed by atoms with E-state index in [4.69, 9.17) is 0 Å². The number of anilines is 1. The molecule has 0 spiro atoms. The molecule has 1 rings (SSSR count). The third kappa shape index (κ3) is 4.51. The van der Waals surface area contributed by atoms with Crippen LogP contribution in [0.3, 0.4) is 0 Å². The van der Waals surface area contributed by atoms with Gasteiger partial charge in [-0.2, -0.15) is 0 Å². The predicted octanol–water partition coefficient (Wildman–Crippen LogP) is 3.21. The van der Waals surface area contributed by atoms with Crippen LogP contribution in [-0.4, -0.2) is 12.1 Å².